The number of hydrogen-bond donors (Lipinski definition) is 0. The van der Waals surface area contributed by atoms with Gasteiger partial charge in [-0.15, -0.1) is 0 Å². The Kier molecular flexibility index (Phi) is 4.47. The smallest absolute Gasteiger partial charge is 0.166 e. The number of rotatable bonds is 6. The van der Waals surface area contributed by atoms with E-state index in [4.69, 9.17) is 4.74 Å². The Labute approximate surface area is 113 Å². The highest BCUT2D eigenvalue weighted by Crippen LogP contribution is 2.19. The minimum absolute atomic E-state index is 0.0950. The van der Waals surface area contributed by atoms with Gasteiger partial charge >= 0.3 is 0 Å². The lowest BCUT2D eigenvalue weighted by Gasteiger charge is -2.14. The number of hydrogen-bond acceptors (Lipinski definition) is 3. The summed E-state index contributed by atoms with van der Waals surface area (Å²) in [4.78, 5) is 12.2. The molecule has 4 heteroatoms. The monoisotopic (exact) mass is 258 g/mol. The van der Waals surface area contributed by atoms with E-state index in [1.54, 1.807) is 18.0 Å². The average molecular weight is 258 g/mol. The van der Waals surface area contributed by atoms with Gasteiger partial charge in [0.25, 0.3) is 0 Å². The zero-order chi connectivity index (χ0) is 13.7. The average Bonchev–Trinajstić information content (AvgIpc) is 2.84. The quantitative estimate of drug-likeness (QED) is 0.798. The Balaban J connectivity index is 1.98. The lowest BCUT2D eigenvalue weighted by atomic mass is 10.0. The molecular weight excluding hydrogens is 240 g/mol. The topological polar surface area (TPSA) is 44.1 Å². The summed E-state index contributed by atoms with van der Waals surface area (Å²) in [5.41, 5.74) is 1.97. The number of benzene rings is 1. The second kappa shape index (κ2) is 6.29. The standard InChI is InChI=1S/C15H18N2O2/c1-17-11-12(10-16-17)8-9-14(18)15(19-2)13-6-4-3-5-7-13/h3-7,10-11,15H,8-9H2,1-2H3. The maximum atomic E-state index is 12.2. The second-order valence-electron chi connectivity index (χ2n) is 4.51. The Morgan fingerprint density at radius 1 is 1.37 bits per heavy atom. The molecule has 0 radical (unpaired) electrons. The van der Waals surface area contributed by atoms with Gasteiger partial charge in [-0.1, -0.05) is 30.3 Å². The van der Waals surface area contributed by atoms with Crippen LogP contribution in [0.4, 0.5) is 0 Å². The lowest BCUT2D eigenvalue weighted by Crippen LogP contribution is -2.15. The molecule has 0 bridgehead atoms. The largest absolute Gasteiger partial charge is 0.369 e. The fraction of sp³-hybridized carbons (Fsp3) is 0.333. The molecule has 0 aliphatic carbocycles. The predicted molar refractivity (Wildman–Crippen MR) is 72.7 cm³/mol. The molecule has 1 unspecified atom stereocenters. The van der Waals surface area contributed by atoms with Gasteiger partial charge in [0.2, 0.25) is 0 Å². The molecular formula is C15H18N2O2. The third-order valence-corrected chi connectivity index (χ3v) is 3.05. The SMILES string of the molecule is COC(C(=O)CCc1cnn(C)c1)c1ccccc1. The van der Waals surface area contributed by atoms with E-state index in [2.05, 4.69) is 5.10 Å². The van der Waals surface area contributed by atoms with Gasteiger partial charge in [-0.2, -0.15) is 5.10 Å². The van der Waals surface area contributed by atoms with Crippen LogP contribution >= 0.6 is 0 Å². The molecule has 0 saturated heterocycles. The van der Waals surface area contributed by atoms with Crippen molar-refractivity contribution < 1.29 is 9.53 Å². The van der Waals surface area contributed by atoms with Gasteiger partial charge in [-0.25, -0.2) is 0 Å². The number of ketones is 1. The van der Waals surface area contributed by atoms with E-state index >= 15 is 0 Å². The molecule has 2 aromatic rings. The number of ether oxygens (including phenoxy) is 1. The van der Waals surface area contributed by atoms with Gasteiger partial charge in [0.1, 0.15) is 6.10 Å². The molecule has 1 heterocycles. The first-order valence-electron chi connectivity index (χ1n) is 6.28. The van der Waals surface area contributed by atoms with Crippen LogP contribution in [0.15, 0.2) is 42.7 Å². The van der Waals surface area contributed by atoms with Crippen molar-refractivity contribution in [3.05, 3.63) is 53.9 Å². The maximum Gasteiger partial charge on any atom is 0.166 e. The normalized spacial score (nSPS) is 12.3. The molecule has 0 amide bonds. The van der Waals surface area contributed by atoms with Crippen LogP contribution in [0.25, 0.3) is 0 Å². The number of methoxy groups -OCH3 is 1. The number of nitrogens with zero attached hydrogens (tertiary/aromatic N) is 2. The maximum absolute atomic E-state index is 12.2. The van der Waals surface area contributed by atoms with Gasteiger partial charge in [0, 0.05) is 26.8 Å². The van der Waals surface area contributed by atoms with Crippen LogP contribution in [-0.2, 0) is 23.0 Å². The molecule has 1 atom stereocenters. The van der Waals surface area contributed by atoms with E-state index in [9.17, 15) is 4.79 Å². The first-order chi connectivity index (χ1) is 9.20. The van der Waals surface area contributed by atoms with Crippen molar-refractivity contribution in [3.8, 4) is 0 Å². The lowest BCUT2D eigenvalue weighted by molar-refractivity contribution is -0.129. The molecule has 1 aromatic carbocycles. The van der Waals surface area contributed by atoms with E-state index in [1.807, 2.05) is 43.6 Å². The molecule has 0 aliphatic heterocycles. The van der Waals surface area contributed by atoms with Crippen LogP contribution in [-0.4, -0.2) is 22.7 Å². The summed E-state index contributed by atoms with van der Waals surface area (Å²) in [6, 6.07) is 9.58. The summed E-state index contributed by atoms with van der Waals surface area (Å²) in [6.07, 6.45) is 4.39. The van der Waals surface area contributed by atoms with Crippen LogP contribution < -0.4 is 0 Å². The number of Topliss-reactive ketones (excluding diaryl/α,β-unsaturated/α-hetero) is 1. The molecule has 0 aliphatic rings. The van der Waals surface area contributed by atoms with E-state index in [1.165, 1.54) is 0 Å². The van der Waals surface area contributed by atoms with Crippen molar-refractivity contribution in [2.45, 2.75) is 18.9 Å². The number of aryl methyl sites for hydroxylation is 2. The minimum Gasteiger partial charge on any atom is -0.369 e. The second-order valence-corrected chi connectivity index (χ2v) is 4.51. The van der Waals surface area contributed by atoms with E-state index in [0.29, 0.717) is 12.8 Å². The Morgan fingerprint density at radius 3 is 2.68 bits per heavy atom. The van der Waals surface area contributed by atoms with Crippen LogP contribution in [0.5, 0.6) is 0 Å². The van der Waals surface area contributed by atoms with Crippen LogP contribution in [0.2, 0.25) is 0 Å². The van der Waals surface area contributed by atoms with Crippen molar-refractivity contribution in [3.63, 3.8) is 0 Å². The van der Waals surface area contributed by atoms with Gasteiger partial charge in [0.15, 0.2) is 5.78 Å². The molecule has 0 fully saturated rings. The summed E-state index contributed by atoms with van der Waals surface area (Å²) in [6.45, 7) is 0. The van der Waals surface area contributed by atoms with Crippen LogP contribution in [0, 0.1) is 0 Å². The molecule has 4 nitrogen and oxygen atoms in total. The fourth-order valence-corrected chi connectivity index (χ4v) is 2.08. The predicted octanol–water partition coefficient (Wildman–Crippen LogP) is 2.31. The van der Waals surface area contributed by atoms with Crippen LogP contribution in [0.3, 0.4) is 0 Å². The zero-order valence-corrected chi connectivity index (χ0v) is 11.2. The van der Waals surface area contributed by atoms with Crippen LogP contribution in [0.1, 0.15) is 23.7 Å². The van der Waals surface area contributed by atoms with Gasteiger partial charge in [-0.3, -0.25) is 9.48 Å². The van der Waals surface area contributed by atoms with Gasteiger partial charge in [0.05, 0.1) is 6.20 Å². The number of carbonyl (C=O) groups excluding carboxylic acids is 1. The van der Waals surface area contributed by atoms with Gasteiger partial charge < -0.3 is 4.74 Å². The molecule has 0 saturated carbocycles. The molecule has 19 heavy (non-hydrogen) atoms. The van der Waals surface area contributed by atoms with Gasteiger partial charge in [-0.05, 0) is 17.5 Å². The minimum atomic E-state index is -0.474. The molecule has 2 rings (SSSR count). The van der Waals surface area contributed by atoms with Crippen molar-refractivity contribution in [1.82, 2.24) is 9.78 Å². The molecule has 1 aromatic heterocycles. The Morgan fingerprint density at radius 2 is 2.11 bits per heavy atom. The molecule has 0 N–H and O–H groups in total. The summed E-state index contributed by atoms with van der Waals surface area (Å²) >= 11 is 0. The number of carbonyl (C=O) groups is 1. The first kappa shape index (κ1) is 13.5. The van der Waals surface area contributed by atoms with Crippen molar-refractivity contribution in [2.24, 2.45) is 7.05 Å². The fourth-order valence-electron chi connectivity index (χ4n) is 2.08. The Hall–Kier alpha value is -1.94. The van der Waals surface area contributed by atoms with E-state index in [0.717, 1.165) is 11.1 Å². The number of aromatic nitrogens is 2. The van der Waals surface area contributed by atoms with E-state index in [-0.39, 0.29) is 5.78 Å². The highest BCUT2D eigenvalue weighted by molar-refractivity contribution is 5.84. The third kappa shape index (κ3) is 3.51. The Bertz CT molecular complexity index is 534. The summed E-state index contributed by atoms with van der Waals surface area (Å²) in [5, 5.41) is 4.09. The van der Waals surface area contributed by atoms with E-state index < -0.39 is 6.10 Å². The third-order valence-electron chi connectivity index (χ3n) is 3.05. The summed E-state index contributed by atoms with van der Waals surface area (Å²) < 4.78 is 7.06. The highest BCUT2D eigenvalue weighted by Gasteiger charge is 2.19. The summed E-state index contributed by atoms with van der Waals surface area (Å²) in [5.74, 6) is 0.0950. The zero-order valence-electron chi connectivity index (χ0n) is 11.2. The van der Waals surface area contributed by atoms with Crippen molar-refractivity contribution in [2.75, 3.05) is 7.11 Å². The van der Waals surface area contributed by atoms with Crippen molar-refractivity contribution in [1.29, 1.82) is 0 Å². The first-order valence-corrected chi connectivity index (χ1v) is 6.28. The summed E-state index contributed by atoms with van der Waals surface area (Å²) in [7, 11) is 3.44. The molecule has 0 spiro atoms. The molecule has 100 valence electrons. The van der Waals surface area contributed by atoms with Crippen molar-refractivity contribution >= 4 is 5.78 Å². The highest BCUT2D eigenvalue weighted by atomic mass is 16.5.